The number of nitrogens with two attached hydrogens (primary N) is 1. The van der Waals surface area contributed by atoms with Crippen LogP contribution < -0.4 is 10.5 Å². The Morgan fingerprint density at radius 3 is 3.05 bits per heavy atom. The maximum atomic E-state index is 7.54. The van der Waals surface area contributed by atoms with E-state index in [4.69, 9.17) is 13.2 Å². The summed E-state index contributed by atoms with van der Waals surface area (Å²) >= 11 is 0. The smallest absolute Gasteiger partial charge is 0.257 e. The summed E-state index contributed by atoms with van der Waals surface area (Å²) in [6, 6.07) is 4.22. The lowest BCUT2D eigenvalue weighted by atomic mass is 9.92. The number of fused-ring (bicyclic) bond motifs is 1. The number of benzene rings is 1. The number of hydrogen-bond donors (Lipinski definition) is 1. The van der Waals surface area contributed by atoms with Crippen molar-refractivity contribution in [3.05, 3.63) is 35.0 Å². The summed E-state index contributed by atoms with van der Waals surface area (Å²) in [7, 11) is 2.11. The minimum Gasteiger partial charge on any atom is -0.475 e. The van der Waals surface area contributed by atoms with Crippen LogP contribution in [0.2, 0.25) is 0 Å². The largest absolute Gasteiger partial charge is 0.475 e. The molecule has 5 nitrogen and oxygen atoms in total. The second-order valence-electron chi connectivity index (χ2n) is 5.67. The zero-order valence-electron chi connectivity index (χ0n) is 15.2. The number of aromatic nitrogens is 2. The Kier molecular flexibility index (Phi) is 3.34. The number of rotatable bonds is 3. The highest BCUT2D eigenvalue weighted by atomic mass is 16.5. The summed E-state index contributed by atoms with van der Waals surface area (Å²) in [5, 5.41) is 0. The van der Waals surface area contributed by atoms with Gasteiger partial charge in [-0.15, -0.1) is 0 Å². The fourth-order valence-electron chi connectivity index (χ4n) is 2.90. The van der Waals surface area contributed by atoms with E-state index >= 15 is 0 Å². The molecule has 0 fully saturated rings. The first-order chi connectivity index (χ1) is 11.2. The molecule has 22 heavy (non-hydrogen) atoms. The quantitative estimate of drug-likeness (QED) is 0.943. The average molecular weight is 300 g/mol. The van der Waals surface area contributed by atoms with E-state index in [1.807, 2.05) is 0 Å². The van der Waals surface area contributed by atoms with Crippen molar-refractivity contribution in [3.8, 4) is 17.1 Å². The van der Waals surface area contributed by atoms with Crippen molar-refractivity contribution in [2.24, 2.45) is 0 Å². The first-order valence-electron chi connectivity index (χ1n) is 8.36. The Morgan fingerprint density at radius 1 is 1.45 bits per heavy atom. The molecule has 0 bridgehead atoms. The minimum atomic E-state index is -1.87. The molecule has 1 aromatic carbocycles. The van der Waals surface area contributed by atoms with E-state index in [9.17, 15) is 0 Å². The Labute approximate surface area is 133 Å². The maximum Gasteiger partial charge on any atom is 0.257 e. The fourth-order valence-corrected chi connectivity index (χ4v) is 2.90. The number of nitrogen functional groups attached to an aromatic ring is 1. The van der Waals surface area contributed by atoms with E-state index < -0.39 is 6.56 Å². The van der Waals surface area contributed by atoms with Crippen LogP contribution in [-0.4, -0.2) is 35.0 Å². The van der Waals surface area contributed by atoms with Crippen LogP contribution in [0, 0.1) is 6.92 Å². The van der Waals surface area contributed by atoms with Crippen molar-refractivity contribution in [3.63, 3.8) is 0 Å². The van der Waals surface area contributed by atoms with Crippen molar-refractivity contribution < 1.29 is 7.48 Å². The minimum absolute atomic E-state index is 0.0208. The van der Waals surface area contributed by atoms with Crippen LogP contribution in [0.5, 0.6) is 5.88 Å². The van der Waals surface area contributed by atoms with Gasteiger partial charge in [-0.05, 0) is 56.1 Å². The average Bonchev–Trinajstić information content (AvgIpc) is 2.47. The summed E-state index contributed by atoms with van der Waals surface area (Å²) < 4.78 is 20.3. The molecule has 116 valence electrons. The summed E-state index contributed by atoms with van der Waals surface area (Å²) in [5.74, 6) is 0.103. The topological polar surface area (TPSA) is 64.3 Å². The zero-order chi connectivity index (χ0) is 17.5. The molecule has 5 heteroatoms. The molecule has 0 spiro atoms. The number of hydrogen-bond acceptors (Lipinski definition) is 5. The predicted octanol–water partition coefficient (Wildman–Crippen LogP) is 2.42. The summed E-state index contributed by atoms with van der Waals surface area (Å²) in [6.07, 6.45) is 2.65. The molecule has 0 atom stereocenters. The molecule has 0 saturated heterocycles. The zero-order valence-corrected chi connectivity index (χ0v) is 13.2. The monoisotopic (exact) mass is 300 g/mol. The molecular weight excluding hydrogens is 276 g/mol. The Balaban J connectivity index is 2.02. The first kappa shape index (κ1) is 12.4. The van der Waals surface area contributed by atoms with E-state index in [2.05, 4.69) is 41.0 Å². The van der Waals surface area contributed by atoms with Gasteiger partial charge in [0.2, 0.25) is 0 Å². The number of aryl methyl sites for hydroxylation is 1. The number of nitrogens with zero attached hydrogens (tertiary/aromatic N) is 3. The maximum absolute atomic E-state index is 7.54. The molecule has 1 aliphatic heterocycles. The van der Waals surface area contributed by atoms with E-state index in [1.165, 1.54) is 23.6 Å². The lowest BCUT2D eigenvalue weighted by Crippen LogP contribution is -2.27. The lowest BCUT2D eigenvalue weighted by Gasteiger charge is -2.27. The van der Waals surface area contributed by atoms with Gasteiger partial charge < -0.3 is 15.4 Å². The summed E-state index contributed by atoms with van der Waals surface area (Å²) in [5.41, 5.74) is 11.3. The van der Waals surface area contributed by atoms with Crippen LogP contribution in [-0.2, 0) is 13.0 Å². The molecule has 0 amide bonds. The molecule has 2 heterocycles. The van der Waals surface area contributed by atoms with Gasteiger partial charge in [0.25, 0.3) is 5.88 Å². The normalized spacial score (nSPS) is 16.7. The van der Waals surface area contributed by atoms with E-state index in [1.54, 1.807) is 6.20 Å². The van der Waals surface area contributed by atoms with Gasteiger partial charge in [-0.2, -0.15) is 0 Å². The van der Waals surface area contributed by atoms with Crippen LogP contribution in [0.25, 0.3) is 11.3 Å². The third-order valence-corrected chi connectivity index (χ3v) is 4.01. The summed E-state index contributed by atoms with van der Waals surface area (Å²) in [6.45, 7) is 3.53. The van der Waals surface area contributed by atoms with Crippen molar-refractivity contribution >= 4 is 5.82 Å². The number of ether oxygens (including phenoxy) is 1. The van der Waals surface area contributed by atoms with Crippen molar-refractivity contribution in [1.29, 1.82) is 0 Å². The second kappa shape index (κ2) is 5.93. The molecular formula is C17H22N4O. The number of likely N-dealkylation sites (N-methyl/N-ethyl adjacent to an activating group) is 1. The van der Waals surface area contributed by atoms with Gasteiger partial charge in [0, 0.05) is 18.7 Å². The van der Waals surface area contributed by atoms with Gasteiger partial charge in [-0.25, -0.2) is 9.97 Å². The standard InChI is InChI=1S/C17H22N4O/c1-4-22-17-16(18)19-9-15(20-17)12-7-11(2)14-5-6-21(3)10-13(14)8-12/h7-9H,4-6,10H2,1-3H3,(H2,18,19)/i4D2. The van der Waals surface area contributed by atoms with Crippen LogP contribution in [0.3, 0.4) is 0 Å². The third-order valence-electron chi connectivity index (χ3n) is 4.01. The molecule has 2 aromatic rings. The lowest BCUT2D eigenvalue weighted by molar-refractivity contribution is 0.312. The van der Waals surface area contributed by atoms with E-state index in [0.29, 0.717) is 5.69 Å². The van der Waals surface area contributed by atoms with Gasteiger partial charge >= 0.3 is 0 Å². The van der Waals surface area contributed by atoms with E-state index in [0.717, 1.165) is 25.1 Å². The van der Waals surface area contributed by atoms with Gasteiger partial charge in [0.1, 0.15) is 0 Å². The Bertz CT molecular complexity index is 774. The van der Waals surface area contributed by atoms with E-state index in [-0.39, 0.29) is 11.7 Å². The first-order valence-corrected chi connectivity index (χ1v) is 7.36. The summed E-state index contributed by atoms with van der Waals surface area (Å²) in [4.78, 5) is 10.8. The van der Waals surface area contributed by atoms with Crippen LogP contribution in [0.4, 0.5) is 5.82 Å². The Morgan fingerprint density at radius 2 is 2.27 bits per heavy atom. The highest BCUT2D eigenvalue weighted by molar-refractivity contribution is 5.64. The van der Waals surface area contributed by atoms with Crippen LogP contribution >= 0.6 is 0 Å². The molecule has 3 rings (SSSR count). The molecule has 0 radical (unpaired) electrons. The Hall–Kier alpha value is -2.14. The van der Waals surface area contributed by atoms with Gasteiger partial charge in [0.05, 0.1) is 21.2 Å². The predicted molar refractivity (Wildman–Crippen MR) is 87.8 cm³/mol. The molecule has 0 unspecified atom stereocenters. The molecule has 1 aromatic heterocycles. The van der Waals surface area contributed by atoms with Gasteiger partial charge in [-0.1, -0.05) is 0 Å². The second-order valence-corrected chi connectivity index (χ2v) is 5.67. The van der Waals surface area contributed by atoms with Gasteiger partial charge in [-0.3, -0.25) is 0 Å². The fraction of sp³-hybridized carbons (Fsp3) is 0.412. The number of anilines is 1. The molecule has 0 aliphatic carbocycles. The van der Waals surface area contributed by atoms with Crippen molar-refractivity contribution in [1.82, 2.24) is 14.9 Å². The van der Waals surface area contributed by atoms with Crippen molar-refractivity contribution in [2.45, 2.75) is 26.8 Å². The van der Waals surface area contributed by atoms with Crippen molar-refractivity contribution in [2.75, 3.05) is 25.9 Å². The van der Waals surface area contributed by atoms with Crippen LogP contribution in [0.15, 0.2) is 18.3 Å². The highest BCUT2D eigenvalue weighted by Gasteiger charge is 2.17. The molecule has 1 aliphatic rings. The third kappa shape index (κ3) is 2.76. The SMILES string of the molecule is [2H]C([2H])(C)Oc1nc(-c2cc(C)c3c(c2)CN(C)CC3)cnc1N. The highest BCUT2D eigenvalue weighted by Crippen LogP contribution is 2.29. The molecule has 2 N–H and O–H groups in total. The van der Waals surface area contributed by atoms with Gasteiger partial charge in [0.15, 0.2) is 5.82 Å². The van der Waals surface area contributed by atoms with Crippen LogP contribution in [0.1, 0.15) is 26.4 Å². The molecule has 0 saturated carbocycles.